The summed E-state index contributed by atoms with van der Waals surface area (Å²) >= 11 is 0. The standard InChI is InChI=1S/C18H20O4/c1-12-8-13(2)10-16(9-12)22-17(18(19)20)11-14-4-6-15(21-3)7-5-14/h4-10,17H,11H2,1-3H3,(H,19,20). The molecule has 2 rings (SSSR count). The zero-order valence-electron chi connectivity index (χ0n) is 13.0. The van der Waals surface area contributed by atoms with Crippen LogP contribution in [0.4, 0.5) is 0 Å². The fourth-order valence-corrected chi connectivity index (χ4v) is 2.32. The van der Waals surface area contributed by atoms with E-state index in [1.807, 2.05) is 56.3 Å². The van der Waals surface area contributed by atoms with Gasteiger partial charge < -0.3 is 14.6 Å². The predicted octanol–water partition coefficient (Wildman–Crippen LogP) is 3.39. The molecule has 0 saturated heterocycles. The summed E-state index contributed by atoms with van der Waals surface area (Å²) in [5, 5.41) is 9.39. The normalized spacial score (nSPS) is 11.8. The van der Waals surface area contributed by atoms with Crippen LogP contribution in [-0.2, 0) is 11.2 Å². The maximum Gasteiger partial charge on any atom is 0.345 e. The summed E-state index contributed by atoms with van der Waals surface area (Å²) in [6, 6.07) is 13.0. The van der Waals surface area contributed by atoms with Crippen LogP contribution in [0, 0.1) is 13.8 Å². The molecule has 0 aromatic heterocycles. The lowest BCUT2D eigenvalue weighted by atomic mass is 10.1. The summed E-state index contributed by atoms with van der Waals surface area (Å²) in [7, 11) is 1.60. The van der Waals surface area contributed by atoms with Gasteiger partial charge in [-0.2, -0.15) is 0 Å². The fraction of sp³-hybridized carbons (Fsp3) is 0.278. The Labute approximate surface area is 130 Å². The van der Waals surface area contributed by atoms with Gasteiger partial charge in [0, 0.05) is 6.42 Å². The molecule has 2 aromatic rings. The van der Waals surface area contributed by atoms with Crippen LogP contribution in [0.15, 0.2) is 42.5 Å². The van der Waals surface area contributed by atoms with Crippen LogP contribution in [0.3, 0.4) is 0 Å². The Morgan fingerprint density at radius 1 is 1.05 bits per heavy atom. The van der Waals surface area contributed by atoms with Crippen LogP contribution in [0.5, 0.6) is 11.5 Å². The van der Waals surface area contributed by atoms with Gasteiger partial charge in [-0.25, -0.2) is 4.79 Å². The Hall–Kier alpha value is -2.49. The Bertz CT molecular complexity index is 626. The molecule has 0 saturated carbocycles. The minimum atomic E-state index is -0.977. The van der Waals surface area contributed by atoms with Crippen LogP contribution in [0.25, 0.3) is 0 Å². The molecule has 0 spiro atoms. The highest BCUT2D eigenvalue weighted by atomic mass is 16.5. The van der Waals surface area contributed by atoms with E-state index in [-0.39, 0.29) is 0 Å². The number of ether oxygens (including phenoxy) is 2. The van der Waals surface area contributed by atoms with Crippen molar-refractivity contribution in [3.63, 3.8) is 0 Å². The molecule has 0 amide bonds. The van der Waals surface area contributed by atoms with Crippen molar-refractivity contribution >= 4 is 5.97 Å². The lowest BCUT2D eigenvalue weighted by Crippen LogP contribution is -2.29. The predicted molar refractivity (Wildman–Crippen MR) is 84.7 cm³/mol. The zero-order valence-corrected chi connectivity index (χ0v) is 13.0. The molecule has 116 valence electrons. The summed E-state index contributed by atoms with van der Waals surface area (Å²) in [4.78, 5) is 11.5. The molecule has 0 heterocycles. The van der Waals surface area contributed by atoms with E-state index in [2.05, 4.69) is 0 Å². The maximum absolute atomic E-state index is 11.5. The number of carboxylic acid groups (broad SMARTS) is 1. The van der Waals surface area contributed by atoms with Gasteiger partial charge in [0.2, 0.25) is 0 Å². The molecule has 4 heteroatoms. The van der Waals surface area contributed by atoms with Gasteiger partial charge in [0.05, 0.1) is 7.11 Å². The Morgan fingerprint density at radius 2 is 1.64 bits per heavy atom. The third kappa shape index (κ3) is 4.25. The van der Waals surface area contributed by atoms with Gasteiger partial charge in [-0.1, -0.05) is 18.2 Å². The second kappa shape index (κ2) is 6.98. The number of rotatable bonds is 6. The van der Waals surface area contributed by atoms with E-state index < -0.39 is 12.1 Å². The molecule has 0 radical (unpaired) electrons. The van der Waals surface area contributed by atoms with E-state index in [0.29, 0.717) is 12.2 Å². The molecule has 1 unspecified atom stereocenters. The number of hydrogen-bond donors (Lipinski definition) is 1. The molecule has 1 N–H and O–H groups in total. The van der Waals surface area contributed by atoms with Gasteiger partial charge in [0.1, 0.15) is 11.5 Å². The molecule has 22 heavy (non-hydrogen) atoms. The average molecular weight is 300 g/mol. The third-order valence-corrected chi connectivity index (χ3v) is 3.33. The first-order chi connectivity index (χ1) is 10.5. The van der Waals surface area contributed by atoms with Gasteiger partial charge in [0.15, 0.2) is 6.10 Å². The Balaban J connectivity index is 2.13. The Morgan fingerprint density at radius 3 is 2.14 bits per heavy atom. The maximum atomic E-state index is 11.5. The van der Waals surface area contributed by atoms with Crippen LogP contribution < -0.4 is 9.47 Å². The van der Waals surface area contributed by atoms with Crippen LogP contribution in [-0.4, -0.2) is 24.3 Å². The molecule has 1 atom stereocenters. The van der Waals surface area contributed by atoms with E-state index in [0.717, 1.165) is 22.4 Å². The summed E-state index contributed by atoms with van der Waals surface area (Å²) in [6.45, 7) is 3.91. The SMILES string of the molecule is COc1ccc(CC(Oc2cc(C)cc(C)c2)C(=O)O)cc1. The number of aliphatic carboxylic acids is 1. The number of aryl methyl sites for hydroxylation is 2. The number of carbonyl (C=O) groups is 1. The van der Waals surface area contributed by atoms with E-state index in [1.165, 1.54) is 0 Å². The van der Waals surface area contributed by atoms with Crippen molar-refractivity contribution in [2.24, 2.45) is 0 Å². The smallest absolute Gasteiger partial charge is 0.345 e. The Kier molecular flexibility index (Phi) is 5.04. The van der Waals surface area contributed by atoms with Gasteiger partial charge in [-0.15, -0.1) is 0 Å². The summed E-state index contributed by atoms with van der Waals surface area (Å²) < 4.78 is 10.8. The van der Waals surface area contributed by atoms with E-state index >= 15 is 0 Å². The zero-order chi connectivity index (χ0) is 16.1. The molecule has 0 aliphatic rings. The first-order valence-electron chi connectivity index (χ1n) is 7.08. The number of carboxylic acids is 1. The number of methoxy groups -OCH3 is 1. The average Bonchev–Trinajstić information content (AvgIpc) is 2.46. The van der Waals surface area contributed by atoms with Crippen molar-refractivity contribution in [1.82, 2.24) is 0 Å². The highest BCUT2D eigenvalue weighted by molar-refractivity contribution is 5.73. The fourth-order valence-electron chi connectivity index (χ4n) is 2.32. The first-order valence-corrected chi connectivity index (χ1v) is 7.08. The van der Waals surface area contributed by atoms with Gasteiger partial charge in [-0.3, -0.25) is 0 Å². The molecular formula is C18H20O4. The van der Waals surface area contributed by atoms with Crippen molar-refractivity contribution in [2.75, 3.05) is 7.11 Å². The van der Waals surface area contributed by atoms with E-state index in [9.17, 15) is 9.90 Å². The highest BCUT2D eigenvalue weighted by Gasteiger charge is 2.20. The molecule has 0 fully saturated rings. The first kappa shape index (κ1) is 15.9. The largest absolute Gasteiger partial charge is 0.497 e. The molecule has 0 aliphatic carbocycles. The lowest BCUT2D eigenvalue weighted by molar-refractivity contribution is -0.145. The van der Waals surface area contributed by atoms with Crippen molar-refractivity contribution < 1.29 is 19.4 Å². The summed E-state index contributed by atoms with van der Waals surface area (Å²) in [6.07, 6.45) is -0.624. The third-order valence-electron chi connectivity index (χ3n) is 3.33. The molecular weight excluding hydrogens is 280 g/mol. The highest BCUT2D eigenvalue weighted by Crippen LogP contribution is 2.20. The van der Waals surface area contributed by atoms with E-state index in [4.69, 9.17) is 9.47 Å². The van der Waals surface area contributed by atoms with Crippen LogP contribution >= 0.6 is 0 Å². The van der Waals surface area contributed by atoms with Gasteiger partial charge >= 0.3 is 5.97 Å². The molecule has 2 aromatic carbocycles. The van der Waals surface area contributed by atoms with E-state index in [1.54, 1.807) is 7.11 Å². The minimum absolute atomic E-state index is 0.298. The second-order valence-electron chi connectivity index (χ2n) is 5.32. The lowest BCUT2D eigenvalue weighted by Gasteiger charge is -2.16. The monoisotopic (exact) mass is 300 g/mol. The number of benzene rings is 2. The van der Waals surface area contributed by atoms with Gasteiger partial charge in [-0.05, 0) is 54.8 Å². The summed E-state index contributed by atoms with van der Waals surface area (Å²) in [5.41, 5.74) is 2.98. The van der Waals surface area contributed by atoms with Crippen LogP contribution in [0.1, 0.15) is 16.7 Å². The molecule has 4 nitrogen and oxygen atoms in total. The van der Waals surface area contributed by atoms with Crippen molar-refractivity contribution in [2.45, 2.75) is 26.4 Å². The summed E-state index contributed by atoms with van der Waals surface area (Å²) in [5.74, 6) is 0.347. The minimum Gasteiger partial charge on any atom is -0.497 e. The quantitative estimate of drug-likeness (QED) is 0.888. The van der Waals surface area contributed by atoms with Crippen molar-refractivity contribution in [3.05, 3.63) is 59.2 Å². The van der Waals surface area contributed by atoms with Gasteiger partial charge in [0.25, 0.3) is 0 Å². The van der Waals surface area contributed by atoms with Crippen LogP contribution in [0.2, 0.25) is 0 Å². The molecule has 0 aliphatic heterocycles. The second-order valence-corrected chi connectivity index (χ2v) is 5.32. The van der Waals surface area contributed by atoms with Crippen molar-refractivity contribution in [1.29, 1.82) is 0 Å². The van der Waals surface area contributed by atoms with Crippen molar-refractivity contribution in [3.8, 4) is 11.5 Å². The molecule has 0 bridgehead atoms. The topological polar surface area (TPSA) is 55.8 Å². The number of hydrogen-bond acceptors (Lipinski definition) is 3.